The van der Waals surface area contributed by atoms with Gasteiger partial charge in [0.2, 0.25) is 0 Å². The fourth-order valence-corrected chi connectivity index (χ4v) is 2.84. The minimum absolute atomic E-state index is 0.134. The van der Waals surface area contributed by atoms with E-state index in [0.29, 0.717) is 12.1 Å². The number of hydrogen-bond donors (Lipinski definition) is 1. The Morgan fingerprint density at radius 3 is 2.60 bits per heavy atom. The molecule has 2 aliphatic rings. The second kappa shape index (κ2) is 3.49. The molecule has 2 saturated heterocycles. The van der Waals surface area contributed by atoms with Crippen LogP contribution in [0.15, 0.2) is 24.3 Å². The Labute approximate surface area is 89.1 Å². The molecule has 2 nitrogen and oxygen atoms in total. The van der Waals surface area contributed by atoms with E-state index in [-0.39, 0.29) is 5.82 Å². The number of benzene rings is 1. The van der Waals surface area contributed by atoms with Crippen LogP contribution in [0.4, 0.5) is 10.1 Å². The molecule has 0 spiro atoms. The second-order valence-corrected chi connectivity index (χ2v) is 4.43. The van der Waals surface area contributed by atoms with E-state index in [4.69, 9.17) is 0 Å². The molecule has 1 N–H and O–H groups in total. The van der Waals surface area contributed by atoms with Gasteiger partial charge in [-0.15, -0.1) is 0 Å². The maximum atomic E-state index is 13.2. The van der Waals surface area contributed by atoms with Crippen molar-refractivity contribution in [1.82, 2.24) is 5.32 Å². The van der Waals surface area contributed by atoms with Gasteiger partial charge in [0.25, 0.3) is 0 Å². The molecule has 2 aliphatic heterocycles. The van der Waals surface area contributed by atoms with Crippen LogP contribution in [0, 0.1) is 5.82 Å². The van der Waals surface area contributed by atoms with Crippen molar-refractivity contribution < 1.29 is 4.39 Å². The van der Waals surface area contributed by atoms with E-state index in [1.54, 1.807) is 12.1 Å². The largest absolute Gasteiger partial charge is 0.363 e. The predicted molar refractivity (Wildman–Crippen MR) is 58.6 cm³/mol. The van der Waals surface area contributed by atoms with Crippen LogP contribution in [0.2, 0.25) is 0 Å². The first-order valence-corrected chi connectivity index (χ1v) is 5.59. The van der Waals surface area contributed by atoms with Gasteiger partial charge < -0.3 is 10.2 Å². The fraction of sp³-hybridized carbons (Fsp3) is 0.500. The summed E-state index contributed by atoms with van der Waals surface area (Å²) in [6.07, 6.45) is 2.46. The van der Waals surface area contributed by atoms with E-state index in [1.807, 2.05) is 6.07 Å². The predicted octanol–water partition coefficient (Wildman–Crippen LogP) is 1.77. The first-order valence-electron chi connectivity index (χ1n) is 5.59. The van der Waals surface area contributed by atoms with Gasteiger partial charge in [0.1, 0.15) is 5.82 Å². The average molecular weight is 206 g/mol. The zero-order chi connectivity index (χ0) is 10.3. The third-order valence-electron chi connectivity index (χ3n) is 3.49. The van der Waals surface area contributed by atoms with Crippen LogP contribution in [0.1, 0.15) is 12.8 Å². The normalized spacial score (nSPS) is 29.5. The molecule has 2 atom stereocenters. The quantitative estimate of drug-likeness (QED) is 0.753. The molecule has 1 aromatic rings. The van der Waals surface area contributed by atoms with E-state index in [2.05, 4.69) is 10.2 Å². The highest BCUT2D eigenvalue weighted by molar-refractivity contribution is 5.50. The Balaban J connectivity index is 1.93. The molecule has 0 amide bonds. The molecule has 2 bridgehead atoms. The summed E-state index contributed by atoms with van der Waals surface area (Å²) in [5, 5.41) is 3.43. The molecule has 0 saturated carbocycles. The van der Waals surface area contributed by atoms with Crippen molar-refractivity contribution in [2.75, 3.05) is 18.0 Å². The van der Waals surface area contributed by atoms with Gasteiger partial charge in [0.05, 0.1) is 0 Å². The van der Waals surface area contributed by atoms with Gasteiger partial charge in [-0.3, -0.25) is 0 Å². The summed E-state index contributed by atoms with van der Waals surface area (Å²) in [6.45, 7) is 2.07. The lowest BCUT2D eigenvalue weighted by Crippen LogP contribution is -2.52. The Morgan fingerprint density at radius 1 is 1.20 bits per heavy atom. The molecule has 2 fully saturated rings. The highest BCUT2D eigenvalue weighted by Crippen LogP contribution is 2.32. The first kappa shape index (κ1) is 9.16. The maximum absolute atomic E-state index is 13.2. The van der Waals surface area contributed by atoms with E-state index < -0.39 is 0 Å². The summed E-state index contributed by atoms with van der Waals surface area (Å²) >= 11 is 0. The molecule has 80 valence electrons. The molecule has 0 radical (unpaired) electrons. The summed E-state index contributed by atoms with van der Waals surface area (Å²) in [6, 6.07) is 8.09. The van der Waals surface area contributed by atoms with Gasteiger partial charge in [-0.05, 0) is 31.0 Å². The third-order valence-corrected chi connectivity index (χ3v) is 3.49. The van der Waals surface area contributed by atoms with E-state index in [0.717, 1.165) is 18.8 Å². The van der Waals surface area contributed by atoms with E-state index in [1.165, 1.54) is 18.9 Å². The number of halogens is 1. The first-order chi connectivity index (χ1) is 7.34. The van der Waals surface area contributed by atoms with Gasteiger partial charge in [0.15, 0.2) is 0 Å². The number of rotatable bonds is 1. The van der Waals surface area contributed by atoms with Crippen molar-refractivity contribution in [3.8, 4) is 0 Å². The number of piperazine rings is 1. The Hall–Kier alpha value is -1.09. The zero-order valence-electron chi connectivity index (χ0n) is 8.62. The minimum Gasteiger partial charge on any atom is -0.363 e. The van der Waals surface area contributed by atoms with Gasteiger partial charge in [-0.25, -0.2) is 4.39 Å². The molecule has 0 aromatic heterocycles. The number of nitrogens with one attached hydrogen (secondary N) is 1. The summed E-state index contributed by atoms with van der Waals surface area (Å²) in [5.74, 6) is -0.134. The number of hydrogen-bond acceptors (Lipinski definition) is 2. The van der Waals surface area contributed by atoms with Crippen LogP contribution in [0.25, 0.3) is 0 Å². The van der Waals surface area contributed by atoms with Crippen LogP contribution < -0.4 is 10.2 Å². The Bertz CT molecular complexity index is 350. The number of anilines is 1. The van der Waals surface area contributed by atoms with Crippen LogP contribution >= 0.6 is 0 Å². The lowest BCUT2D eigenvalue weighted by molar-refractivity contribution is 0.484. The summed E-state index contributed by atoms with van der Waals surface area (Å²) in [4.78, 5) is 2.39. The van der Waals surface area contributed by atoms with Crippen molar-refractivity contribution in [3.05, 3.63) is 30.1 Å². The highest BCUT2D eigenvalue weighted by Gasteiger charge is 2.36. The average Bonchev–Trinajstić information content (AvgIpc) is 2.49. The molecule has 0 aliphatic carbocycles. The molecule has 2 unspecified atom stereocenters. The van der Waals surface area contributed by atoms with Crippen molar-refractivity contribution in [2.24, 2.45) is 0 Å². The van der Waals surface area contributed by atoms with Crippen molar-refractivity contribution in [2.45, 2.75) is 24.9 Å². The summed E-state index contributed by atoms with van der Waals surface area (Å²) < 4.78 is 13.2. The molecule has 2 heterocycles. The minimum atomic E-state index is -0.134. The van der Waals surface area contributed by atoms with Crippen molar-refractivity contribution in [1.29, 1.82) is 0 Å². The number of nitrogens with zero attached hydrogens (tertiary/aromatic N) is 1. The lowest BCUT2D eigenvalue weighted by atomic mass is 10.1. The smallest absolute Gasteiger partial charge is 0.125 e. The molecular weight excluding hydrogens is 191 g/mol. The van der Waals surface area contributed by atoms with Gasteiger partial charge in [0, 0.05) is 30.9 Å². The van der Waals surface area contributed by atoms with Crippen LogP contribution in [0.5, 0.6) is 0 Å². The molecule has 3 heteroatoms. The van der Waals surface area contributed by atoms with Crippen molar-refractivity contribution in [3.63, 3.8) is 0 Å². The van der Waals surface area contributed by atoms with Gasteiger partial charge in [-0.2, -0.15) is 0 Å². The molecule has 1 aromatic carbocycles. The topological polar surface area (TPSA) is 15.3 Å². The Kier molecular flexibility index (Phi) is 2.13. The van der Waals surface area contributed by atoms with Crippen LogP contribution in [0.3, 0.4) is 0 Å². The third kappa shape index (κ3) is 1.51. The van der Waals surface area contributed by atoms with Gasteiger partial charge >= 0.3 is 0 Å². The summed E-state index contributed by atoms with van der Waals surface area (Å²) in [7, 11) is 0. The van der Waals surface area contributed by atoms with E-state index in [9.17, 15) is 4.39 Å². The molecule has 15 heavy (non-hydrogen) atoms. The van der Waals surface area contributed by atoms with Crippen LogP contribution in [-0.4, -0.2) is 25.2 Å². The zero-order valence-corrected chi connectivity index (χ0v) is 8.62. The molecular formula is C12H15FN2. The SMILES string of the molecule is Fc1cccc(N2C3CCC2CNC3)c1. The van der Waals surface area contributed by atoms with Crippen molar-refractivity contribution >= 4 is 5.69 Å². The fourth-order valence-electron chi connectivity index (χ4n) is 2.84. The number of fused-ring (bicyclic) bond motifs is 2. The van der Waals surface area contributed by atoms with E-state index >= 15 is 0 Å². The summed E-state index contributed by atoms with van der Waals surface area (Å²) in [5.41, 5.74) is 1.05. The lowest BCUT2D eigenvalue weighted by Gasteiger charge is -2.37. The maximum Gasteiger partial charge on any atom is 0.125 e. The standard InChI is InChI=1S/C12H15FN2/c13-9-2-1-3-10(6-9)15-11-4-5-12(15)8-14-7-11/h1-3,6,11-12,14H,4-5,7-8H2. The monoisotopic (exact) mass is 206 g/mol. The van der Waals surface area contributed by atoms with Gasteiger partial charge in [-0.1, -0.05) is 6.07 Å². The highest BCUT2D eigenvalue weighted by atomic mass is 19.1. The second-order valence-electron chi connectivity index (χ2n) is 4.43. The molecule has 3 rings (SSSR count). The van der Waals surface area contributed by atoms with Crippen LogP contribution in [-0.2, 0) is 0 Å². The Morgan fingerprint density at radius 2 is 1.93 bits per heavy atom.